The highest BCUT2D eigenvalue weighted by molar-refractivity contribution is 5.94. The van der Waals surface area contributed by atoms with Gasteiger partial charge in [-0.05, 0) is 36.4 Å². The Kier molecular flexibility index (Phi) is 4.92. The minimum atomic E-state index is -0.424. The fraction of sp³-hybridized carbons (Fsp3) is 0.125. The van der Waals surface area contributed by atoms with Crippen molar-refractivity contribution in [3.8, 4) is 28.6 Å². The van der Waals surface area contributed by atoms with Gasteiger partial charge in [-0.1, -0.05) is 47.6 Å². The predicted octanol–water partition coefficient (Wildman–Crippen LogP) is 4.45. The number of amides is 1. The molecule has 0 bridgehead atoms. The zero-order chi connectivity index (χ0) is 21.2. The Morgan fingerprint density at radius 3 is 2.55 bits per heavy atom. The molecule has 5 rings (SSSR count). The van der Waals surface area contributed by atoms with Crippen LogP contribution in [-0.2, 0) is 0 Å². The largest absolute Gasteiger partial charge is 0.487 e. The topological polar surface area (TPSA) is 68.5 Å². The highest BCUT2D eigenvalue weighted by Gasteiger charge is 2.33. The molecule has 6 nitrogen and oxygen atoms in total. The average molecular weight is 415 g/mol. The second kappa shape index (κ2) is 8.02. The standard InChI is InChI=1S/C24H18FN3O3/c25-19-10-4-9-18(12-19)24(29)28-14-21(15-28)30-20-11-5-8-17(13-20)23-26-22(27-31-23)16-6-2-1-3-7-16/h1-13,21H,14-15H2. The Hall–Kier alpha value is -4.00. The maximum atomic E-state index is 13.3. The number of aromatic nitrogens is 2. The number of nitrogens with zero attached hydrogens (tertiary/aromatic N) is 3. The van der Waals surface area contributed by atoms with E-state index in [0.717, 1.165) is 11.1 Å². The fourth-order valence-electron chi connectivity index (χ4n) is 3.42. The number of likely N-dealkylation sites (tertiary alicyclic amines) is 1. The summed E-state index contributed by atoms with van der Waals surface area (Å²) in [5.74, 6) is 0.952. The Bertz CT molecular complexity index is 1220. The van der Waals surface area contributed by atoms with Gasteiger partial charge in [-0.3, -0.25) is 4.79 Å². The summed E-state index contributed by atoms with van der Waals surface area (Å²) in [6.07, 6.45) is -0.129. The summed E-state index contributed by atoms with van der Waals surface area (Å²) in [5, 5.41) is 4.05. The van der Waals surface area contributed by atoms with Gasteiger partial charge in [-0.2, -0.15) is 4.98 Å². The summed E-state index contributed by atoms with van der Waals surface area (Å²) in [6, 6.07) is 22.7. The van der Waals surface area contributed by atoms with Gasteiger partial charge in [0.2, 0.25) is 5.82 Å². The summed E-state index contributed by atoms with van der Waals surface area (Å²) in [5.41, 5.74) is 1.97. The quantitative estimate of drug-likeness (QED) is 0.482. The van der Waals surface area contributed by atoms with Gasteiger partial charge in [-0.15, -0.1) is 0 Å². The lowest BCUT2D eigenvalue weighted by Crippen LogP contribution is -2.56. The average Bonchev–Trinajstić information content (AvgIpc) is 3.27. The maximum absolute atomic E-state index is 13.3. The highest BCUT2D eigenvalue weighted by atomic mass is 19.1. The molecule has 4 aromatic rings. The minimum absolute atomic E-state index is 0.129. The number of halogens is 1. The molecule has 1 aliphatic rings. The molecule has 0 radical (unpaired) electrons. The number of benzene rings is 3. The first-order chi connectivity index (χ1) is 15.2. The van der Waals surface area contributed by atoms with E-state index in [9.17, 15) is 9.18 Å². The van der Waals surface area contributed by atoms with Crippen molar-refractivity contribution in [1.82, 2.24) is 15.0 Å². The van der Waals surface area contributed by atoms with E-state index in [1.165, 1.54) is 18.2 Å². The van der Waals surface area contributed by atoms with Crippen LogP contribution in [0.1, 0.15) is 10.4 Å². The van der Waals surface area contributed by atoms with E-state index in [1.807, 2.05) is 54.6 Å². The number of ether oxygens (including phenoxy) is 1. The van der Waals surface area contributed by atoms with Crippen molar-refractivity contribution in [2.45, 2.75) is 6.10 Å². The van der Waals surface area contributed by atoms with E-state index < -0.39 is 5.82 Å². The first-order valence-corrected chi connectivity index (χ1v) is 9.87. The van der Waals surface area contributed by atoms with E-state index in [4.69, 9.17) is 9.26 Å². The summed E-state index contributed by atoms with van der Waals surface area (Å²) >= 11 is 0. The molecule has 154 valence electrons. The van der Waals surface area contributed by atoms with Gasteiger partial charge in [0.1, 0.15) is 17.7 Å². The molecular formula is C24H18FN3O3. The summed E-state index contributed by atoms with van der Waals surface area (Å²) in [6.45, 7) is 0.885. The molecule has 0 atom stereocenters. The van der Waals surface area contributed by atoms with E-state index in [1.54, 1.807) is 11.0 Å². The molecule has 1 aliphatic heterocycles. The molecule has 0 N–H and O–H groups in total. The lowest BCUT2D eigenvalue weighted by molar-refractivity contribution is 0.0178. The second-order valence-corrected chi connectivity index (χ2v) is 7.28. The Labute approximate surface area is 177 Å². The lowest BCUT2D eigenvalue weighted by atomic mass is 10.1. The van der Waals surface area contributed by atoms with Gasteiger partial charge in [0.15, 0.2) is 0 Å². The van der Waals surface area contributed by atoms with Crippen LogP contribution in [0.15, 0.2) is 83.4 Å². The zero-order valence-electron chi connectivity index (χ0n) is 16.4. The van der Waals surface area contributed by atoms with Crippen molar-refractivity contribution in [2.75, 3.05) is 13.1 Å². The third-order valence-electron chi connectivity index (χ3n) is 5.05. The minimum Gasteiger partial charge on any atom is -0.487 e. The Morgan fingerprint density at radius 2 is 1.74 bits per heavy atom. The first kappa shape index (κ1) is 19.0. The van der Waals surface area contributed by atoms with Gasteiger partial charge >= 0.3 is 0 Å². The molecule has 3 aromatic carbocycles. The molecule has 1 amide bonds. The summed E-state index contributed by atoms with van der Waals surface area (Å²) < 4.78 is 24.7. The SMILES string of the molecule is O=C(c1cccc(F)c1)N1CC(Oc2cccc(-c3nc(-c4ccccc4)no3)c2)C1. The maximum Gasteiger partial charge on any atom is 0.258 e. The highest BCUT2D eigenvalue weighted by Crippen LogP contribution is 2.27. The van der Waals surface area contributed by atoms with Crippen LogP contribution in [0, 0.1) is 5.82 Å². The smallest absolute Gasteiger partial charge is 0.258 e. The molecule has 1 saturated heterocycles. The van der Waals surface area contributed by atoms with E-state index in [2.05, 4.69) is 10.1 Å². The van der Waals surface area contributed by atoms with E-state index >= 15 is 0 Å². The number of hydrogen-bond donors (Lipinski definition) is 0. The van der Waals surface area contributed by atoms with Crippen molar-refractivity contribution in [3.63, 3.8) is 0 Å². The number of carbonyl (C=O) groups excluding carboxylic acids is 1. The van der Waals surface area contributed by atoms with Crippen molar-refractivity contribution in [1.29, 1.82) is 0 Å². The van der Waals surface area contributed by atoms with E-state index in [0.29, 0.717) is 36.1 Å². The zero-order valence-corrected chi connectivity index (χ0v) is 16.4. The monoisotopic (exact) mass is 415 g/mol. The van der Waals surface area contributed by atoms with Gasteiger partial charge in [-0.25, -0.2) is 4.39 Å². The molecule has 2 heterocycles. The molecule has 0 spiro atoms. The van der Waals surface area contributed by atoms with Gasteiger partial charge < -0.3 is 14.2 Å². The number of hydrogen-bond acceptors (Lipinski definition) is 5. The molecule has 0 aliphatic carbocycles. The third-order valence-corrected chi connectivity index (χ3v) is 5.05. The Balaban J connectivity index is 1.23. The van der Waals surface area contributed by atoms with Gasteiger partial charge in [0.05, 0.1) is 13.1 Å². The summed E-state index contributed by atoms with van der Waals surface area (Å²) in [4.78, 5) is 18.5. The first-order valence-electron chi connectivity index (χ1n) is 9.87. The molecule has 0 unspecified atom stereocenters. The molecule has 31 heavy (non-hydrogen) atoms. The van der Waals surface area contributed by atoms with Crippen molar-refractivity contribution < 1.29 is 18.4 Å². The Morgan fingerprint density at radius 1 is 0.968 bits per heavy atom. The lowest BCUT2D eigenvalue weighted by Gasteiger charge is -2.39. The number of carbonyl (C=O) groups is 1. The number of rotatable bonds is 5. The predicted molar refractivity (Wildman–Crippen MR) is 112 cm³/mol. The van der Waals surface area contributed by atoms with Crippen LogP contribution in [0.5, 0.6) is 5.75 Å². The molecule has 1 aromatic heterocycles. The van der Waals surface area contributed by atoms with Gasteiger partial charge in [0.25, 0.3) is 11.8 Å². The second-order valence-electron chi connectivity index (χ2n) is 7.28. The fourth-order valence-corrected chi connectivity index (χ4v) is 3.42. The molecule has 7 heteroatoms. The molecule has 1 fully saturated rings. The normalized spacial score (nSPS) is 13.6. The van der Waals surface area contributed by atoms with Crippen LogP contribution >= 0.6 is 0 Å². The van der Waals surface area contributed by atoms with Crippen molar-refractivity contribution >= 4 is 5.91 Å². The molecule has 0 saturated carbocycles. The van der Waals surface area contributed by atoms with Crippen LogP contribution in [0.3, 0.4) is 0 Å². The van der Waals surface area contributed by atoms with Crippen LogP contribution < -0.4 is 4.74 Å². The van der Waals surface area contributed by atoms with Gasteiger partial charge in [0, 0.05) is 16.7 Å². The van der Waals surface area contributed by atoms with Crippen LogP contribution in [0.4, 0.5) is 4.39 Å². The van der Waals surface area contributed by atoms with Crippen LogP contribution in [-0.4, -0.2) is 40.1 Å². The van der Waals surface area contributed by atoms with Crippen LogP contribution in [0.2, 0.25) is 0 Å². The summed E-state index contributed by atoms with van der Waals surface area (Å²) in [7, 11) is 0. The van der Waals surface area contributed by atoms with Crippen LogP contribution in [0.25, 0.3) is 22.8 Å². The van der Waals surface area contributed by atoms with Crippen molar-refractivity contribution in [2.24, 2.45) is 0 Å². The third kappa shape index (κ3) is 4.02. The van der Waals surface area contributed by atoms with Crippen molar-refractivity contribution in [3.05, 3.63) is 90.2 Å². The molecular weight excluding hydrogens is 397 g/mol. The van der Waals surface area contributed by atoms with E-state index in [-0.39, 0.29) is 12.0 Å².